The molecule has 1 fully saturated rings. The van der Waals surface area contributed by atoms with Gasteiger partial charge in [0.1, 0.15) is 5.60 Å². The summed E-state index contributed by atoms with van der Waals surface area (Å²) in [6, 6.07) is 5.77. The van der Waals surface area contributed by atoms with Crippen LogP contribution in [-0.2, 0) is 4.74 Å². The normalized spacial score (nSPS) is 18.9. The number of hydrogen-bond acceptors (Lipinski definition) is 3. The predicted octanol–water partition coefficient (Wildman–Crippen LogP) is 3.76. The number of rotatable bonds is 2. The van der Waals surface area contributed by atoms with Gasteiger partial charge in [-0.05, 0) is 57.4 Å². The number of anilines is 1. The number of benzene rings is 1. The molecule has 5 heteroatoms. The number of ether oxygens (including phenoxy) is 1. The molecule has 1 saturated heterocycles. The molecule has 1 amide bonds. The highest BCUT2D eigenvalue weighted by molar-refractivity contribution is 6.33. The van der Waals surface area contributed by atoms with Crippen LogP contribution in [0.15, 0.2) is 18.2 Å². The van der Waals surface area contributed by atoms with E-state index in [1.54, 1.807) is 0 Å². The molecule has 1 aromatic carbocycles. The summed E-state index contributed by atoms with van der Waals surface area (Å²) >= 11 is 6.23. The van der Waals surface area contributed by atoms with Gasteiger partial charge in [-0.25, -0.2) is 4.79 Å². The minimum absolute atomic E-state index is 0.491. The van der Waals surface area contributed by atoms with Crippen molar-refractivity contribution in [1.29, 1.82) is 0 Å². The second-order valence-electron chi connectivity index (χ2n) is 6.06. The lowest BCUT2D eigenvalue weighted by atomic mass is 9.98. The summed E-state index contributed by atoms with van der Waals surface area (Å²) < 4.78 is 5.21. The van der Waals surface area contributed by atoms with Crippen molar-refractivity contribution in [1.82, 2.24) is 5.32 Å². The Kier molecular flexibility index (Phi) is 4.55. The van der Waals surface area contributed by atoms with Gasteiger partial charge < -0.3 is 10.1 Å². The molecule has 0 bridgehead atoms. The van der Waals surface area contributed by atoms with E-state index < -0.39 is 11.7 Å². The third kappa shape index (κ3) is 4.12. The lowest BCUT2D eigenvalue weighted by Gasteiger charge is -2.20. The number of carbonyl (C=O) groups excluding carboxylic acids is 1. The van der Waals surface area contributed by atoms with Crippen molar-refractivity contribution >= 4 is 23.4 Å². The van der Waals surface area contributed by atoms with Crippen molar-refractivity contribution in [2.45, 2.75) is 38.7 Å². The van der Waals surface area contributed by atoms with Crippen LogP contribution in [0.25, 0.3) is 0 Å². The molecule has 1 aromatic rings. The topological polar surface area (TPSA) is 50.4 Å². The van der Waals surface area contributed by atoms with E-state index in [1.165, 1.54) is 5.56 Å². The van der Waals surface area contributed by atoms with Gasteiger partial charge in [0.15, 0.2) is 0 Å². The van der Waals surface area contributed by atoms with Gasteiger partial charge in [0, 0.05) is 6.54 Å². The van der Waals surface area contributed by atoms with Crippen molar-refractivity contribution in [2.24, 2.45) is 0 Å². The summed E-state index contributed by atoms with van der Waals surface area (Å²) in [5.41, 5.74) is 1.26. The first-order chi connectivity index (χ1) is 9.35. The average Bonchev–Trinajstić information content (AvgIpc) is 2.82. The van der Waals surface area contributed by atoms with E-state index in [0.717, 1.165) is 19.5 Å². The Labute approximate surface area is 124 Å². The molecular formula is C15H21ClN2O2. The van der Waals surface area contributed by atoms with E-state index in [9.17, 15) is 4.79 Å². The maximum Gasteiger partial charge on any atom is 0.412 e. The van der Waals surface area contributed by atoms with Crippen LogP contribution >= 0.6 is 11.6 Å². The van der Waals surface area contributed by atoms with Crippen molar-refractivity contribution < 1.29 is 9.53 Å². The van der Waals surface area contributed by atoms with Crippen molar-refractivity contribution in [3.8, 4) is 0 Å². The highest BCUT2D eigenvalue weighted by atomic mass is 35.5. The van der Waals surface area contributed by atoms with Crippen molar-refractivity contribution in [2.75, 3.05) is 18.4 Å². The van der Waals surface area contributed by atoms with Gasteiger partial charge in [0.25, 0.3) is 0 Å². The summed E-state index contributed by atoms with van der Waals surface area (Å²) in [5.74, 6) is 0.503. The van der Waals surface area contributed by atoms with Crippen LogP contribution in [-0.4, -0.2) is 24.8 Å². The fourth-order valence-corrected chi connectivity index (χ4v) is 2.48. The van der Waals surface area contributed by atoms with Gasteiger partial charge in [0.2, 0.25) is 0 Å². The van der Waals surface area contributed by atoms with Crippen LogP contribution in [0.3, 0.4) is 0 Å². The number of hydrogen-bond donors (Lipinski definition) is 2. The maximum absolute atomic E-state index is 11.7. The lowest BCUT2D eigenvalue weighted by Crippen LogP contribution is -2.27. The SMILES string of the molecule is CC(C)(C)OC(=O)Nc1ccc(C2CCNC2)cc1Cl. The lowest BCUT2D eigenvalue weighted by molar-refractivity contribution is 0.0636. The van der Waals surface area contributed by atoms with Crippen LogP contribution < -0.4 is 10.6 Å². The van der Waals surface area contributed by atoms with E-state index in [2.05, 4.69) is 10.6 Å². The summed E-state index contributed by atoms with van der Waals surface area (Å²) in [5, 5.41) is 6.55. The minimum atomic E-state index is -0.522. The molecule has 0 radical (unpaired) electrons. The van der Waals surface area contributed by atoms with E-state index in [4.69, 9.17) is 16.3 Å². The molecule has 110 valence electrons. The summed E-state index contributed by atoms with van der Waals surface area (Å²) in [7, 11) is 0. The molecule has 1 heterocycles. The van der Waals surface area contributed by atoms with E-state index >= 15 is 0 Å². The van der Waals surface area contributed by atoms with Gasteiger partial charge in [-0.3, -0.25) is 5.32 Å². The molecule has 1 atom stereocenters. The standard InChI is InChI=1S/C15H21ClN2O2/c1-15(2,3)20-14(19)18-13-5-4-10(8-12(13)16)11-6-7-17-9-11/h4-5,8,11,17H,6-7,9H2,1-3H3,(H,18,19). The second-order valence-corrected chi connectivity index (χ2v) is 6.46. The molecule has 1 unspecified atom stereocenters. The molecule has 0 saturated carbocycles. The fraction of sp³-hybridized carbons (Fsp3) is 0.533. The maximum atomic E-state index is 11.7. The van der Waals surface area contributed by atoms with Crippen molar-refractivity contribution in [3.63, 3.8) is 0 Å². The van der Waals surface area contributed by atoms with Crippen LogP contribution in [0.4, 0.5) is 10.5 Å². The van der Waals surface area contributed by atoms with Gasteiger partial charge in [-0.2, -0.15) is 0 Å². The Hall–Kier alpha value is -1.26. The zero-order chi connectivity index (χ0) is 14.8. The predicted molar refractivity (Wildman–Crippen MR) is 81.5 cm³/mol. The van der Waals surface area contributed by atoms with Crippen LogP contribution in [0, 0.1) is 0 Å². The smallest absolute Gasteiger partial charge is 0.412 e. The van der Waals surface area contributed by atoms with E-state index in [0.29, 0.717) is 16.6 Å². The number of nitrogens with one attached hydrogen (secondary N) is 2. The summed E-state index contributed by atoms with van der Waals surface area (Å²) in [4.78, 5) is 11.7. The third-order valence-corrected chi connectivity index (χ3v) is 3.47. The van der Waals surface area contributed by atoms with Gasteiger partial charge >= 0.3 is 6.09 Å². The van der Waals surface area contributed by atoms with E-state index in [1.807, 2.05) is 39.0 Å². The highest BCUT2D eigenvalue weighted by Gasteiger charge is 2.19. The first-order valence-corrected chi connectivity index (χ1v) is 7.23. The van der Waals surface area contributed by atoms with Crippen LogP contribution in [0.5, 0.6) is 0 Å². The molecular weight excluding hydrogens is 276 g/mol. The summed E-state index contributed by atoms with van der Waals surface area (Å²) in [6.07, 6.45) is 0.629. The molecule has 2 N–H and O–H groups in total. The number of carbonyl (C=O) groups is 1. The average molecular weight is 297 g/mol. The quantitative estimate of drug-likeness (QED) is 0.873. The molecule has 0 aromatic heterocycles. The molecule has 20 heavy (non-hydrogen) atoms. The Bertz CT molecular complexity index is 491. The van der Waals surface area contributed by atoms with Gasteiger partial charge in [0.05, 0.1) is 10.7 Å². The monoisotopic (exact) mass is 296 g/mol. The zero-order valence-electron chi connectivity index (χ0n) is 12.1. The first-order valence-electron chi connectivity index (χ1n) is 6.85. The molecule has 4 nitrogen and oxygen atoms in total. The Balaban J connectivity index is 2.04. The van der Waals surface area contributed by atoms with Crippen LogP contribution in [0.2, 0.25) is 5.02 Å². The Morgan fingerprint density at radius 1 is 1.45 bits per heavy atom. The molecule has 2 rings (SSSR count). The fourth-order valence-electron chi connectivity index (χ4n) is 2.24. The summed E-state index contributed by atoms with van der Waals surface area (Å²) in [6.45, 7) is 7.49. The number of halogens is 1. The van der Waals surface area contributed by atoms with Crippen LogP contribution in [0.1, 0.15) is 38.7 Å². The Morgan fingerprint density at radius 3 is 2.75 bits per heavy atom. The molecule has 1 aliphatic heterocycles. The largest absolute Gasteiger partial charge is 0.444 e. The second kappa shape index (κ2) is 6.02. The van der Waals surface area contributed by atoms with E-state index in [-0.39, 0.29) is 0 Å². The molecule has 1 aliphatic rings. The highest BCUT2D eigenvalue weighted by Crippen LogP contribution is 2.29. The number of amides is 1. The molecule has 0 spiro atoms. The zero-order valence-corrected chi connectivity index (χ0v) is 12.9. The first kappa shape index (κ1) is 15.1. The third-order valence-electron chi connectivity index (χ3n) is 3.16. The molecule has 0 aliphatic carbocycles. The van der Waals surface area contributed by atoms with Crippen molar-refractivity contribution in [3.05, 3.63) is 28.8 Å². The van der Waals surface area contributed by atoms with Gasteiger partial charge in [-0.1, -0.05) is 17.7 Å². The minimum Gasteiger partial charge on any atom is -0.444 e. The van der Waals surface area contributed by atoms with Gasteiger partial charge in [-0.15, -0.1) is 0 Å². The Morgan fingerprint density at radius 2 is 2.20 bits per heavy atom.